The first-order valence-electron chi connectivity index (χ1n) is 9.85. The maximum Gasteiger partial charge on any atom is 0.348 e. The summed E-state index contributed by atoms with van der Waals surface area (Å²) < 4.78 is 8.70. The molecule has 3 heterocycles. The van der Waals surface area contributed by atoms with E-state index in [0.29, 0.717) is 40.9 Å². The number of carbonyl (C=O) groups excluding carboxylic acids is 1. The van der Waals surface area contributed by atoms with E-state index >= 15 is 0 Å². The van der Waals surface area contributed by atoms with Crippen LogP contribution in [0.2, 0.25) is 0 Å². The average molecular weight is 419 g/mol. The van der Waals surface area contributed by atoms with Crippen LogP contribution in [0, 0.1) is 5.92 Å². The molecule has 1 N–H and O–H groups in total. The predicted molar refractivity (Wildman–Crippen MR) is 112 cm³/mol. The molecule has 0 spiro atoms. The van der Waals surface area contributed by atoms with Gasteiger partial charge in [0.2, 0.25) is 0 Å². The molecule has 0 atom stereocenters. The lowest BCUT2D eigenvalue weighted by Crippen LogP contribution is -2.31. The quantitative estimate of drug-likeness (QED) is 0.538. The Hall–Kier alpha value is -2.68. The highest BCUT2D eigenvalue weighted by Gasteiger charge is 2.20. The molecule has 8 nitrogen and oxygen atoms in total. The van der Waals surface area contributed by atoms with Gasteiger partial charge in [-0.15, -0.1) is 11.3 Å². The number of H-pyrrole nitrogens is 1. The Morgan fingerprint density at radius 2 is 2.07 bits per heavy atom. The number of esters is 1. The summed E-state index contributed by atoms with van der Waals surface area (Å²) in [6.07, 6.45) is 2.53. The van der Waals surface area contributed by atoms with Gasteiger partial charge in [-0.2, -0.15) is 0 Å². The van der Waals surface area contributed by atoms with Crippen LogP contribution in [-0.2, 0) is 24.4 Å². The first-order valence-corrected chi connectivity index (χ1v) is 10.7. The third kappa shape index (κ3) is 4.67. The number of nitrogens with one attached hydrogen (secondary N) is 1. The number of unbranched alkanes of at least 4 members (excludes halogenated alkanes) is 1. The standard InChI is InChI=1S/C20H26N4O4S/c1-4-5-9-24-17-16(18(25)22-20(24)27)23(10-8-13(2)3)15(21-17)12-28-19(26)14-7-6-11-29-14/h6-7,11,13H,4-5,8-10,12H2,1-3H3,(H,22,25,27). The van der Waals surface area contributed by atoms with Gasteiger partial charge in [0.1, 0.15) is 17.3 Å². The molecule has 0 radical (unpaired) electrons. The van der Waals surface area contributed by atoms with Crippen molar-refractivity contribution in [2.45, 2.75) is 59.7 Å². The molecular weight excluding hydrogens is 392 g/mol. The number of nitrogens with zero attached hydrogens (tertiary/aromatic N) is 3. The van der Waals surface area contributed by atoms with Gasteiger partial charge in [-0.1, -0.05) is 33.3 Å². The normalized spacial score (nSPS) is 11.4. The number of aromatic nitrogens is 4. The van der Waals surface area contributed by atoms with Crippen molar-refractivity contribution in [1.82, 2.24) is 19.1 Å². The van der Waals surface area contributed by atoms with Crippen LogP contribution in [0.1, 0.15) is 55.5 Å². The monoisotopic (exact) mass is 418 g/mol. The van der Waals surface area contributed by atoms with E-state index in [1.54, 1.807) is 22.1 Å². The molecule has 0 saturated heterocycles. The molecule has 3 aromatic rings. The van der Waals surface area contributed by atoms with Gasteiger partial charge in [0, 0.05) is 13.1 Å². The van der Waals surface area contributed by atoms with Crippen molar-refractivity contribution in [2.24, 2.45) is 5.92 Å². The number of fused-ring (bicyclic) bond motifs is 1. The molecule has 0 aliphatic heterocycles. The molecule has 0 fully saturated rings. The zero-order chi connectivity index (χ0) is 21.0. The molecule has 3 rings (SSSR count). The highest BCUT2D eigenvalue weighted by molar-refractivity contribution is 7.11. The highest BCUT2D eigenvalue weighted by atomic mass is 32.1. The van der Waals surface area contributed by atoms with E-state index in [1.807, 2.05) is 6.92 Å². The Labute approximate surface area is 172 Å². The summed E-state index contributed by atoms with van der Waals surface area (Å²) in [7, 11) is 0. The van der Waals surface area contributed by atoms with Crippen molar-refractivity contribution < 1.29 is 9.53 Å². The summed E-state index contributed by atoms with van der Waals surface area (Å²) in [6, 6.07) is 3.48. The summed E-state index contributed by atoms with van der Waals surface area (Å²) in [5.41, 5.74) is -0.238. The number of aromatic amines is 1. The first kappa shape index (κ1) is 21.0. The van der Waals surface area contributed by atoms with E-state index in [1.165, 1.54) is 15.9 Å². The average Bonchev–Trinajstić information content (AvgIpc) is 3.32. The molecule has 3 aromatic heterocycles. The number of hydrogen-bond donors (Lipinski definition) is 1. The summed E-state index contributed by atoms with van der Waals surface area (Å²) in [4.78, 5) is 44.6. The van der Waals surface area contributed by atoms with Crippen LogP contribution >= 0.6 is 11.3 Å². The first-order chi connectivity index (χ1) is 13.9. The molecule has 0 aromatic carbocycles. The van der Waals surface area contributed by atoms with Crippen LogP contribution in [0.4, 0.5) is 0 Å². The van der Waals surface area contributed by atoms with Crippen LogP contribution < -0.4 is 11.2 Å². The molecule has 29 heavy (non-hydrogen) atoms. The maximum absolute atomic E-state index is 12.6. The van der Waals surface area contributed by atoms with Crippen molar-refractivity contribution in [3.63, 3.8) is 0 Å². The smallest absolute Gasteiger partial charge is 0.348 e. The number of ether oxygens (including phenoxy) is 1. The Kier molecular flexibility index (Phi) is 6.68. The molecule has 0 unspecified atom stereocenters. The van der Waals surface area contributed by atoms with Crippen LogP contribution in [0.15, 0.2) is 27.1 Å². The minimum atomic E-state index is -0.468. The Morgan fingerprint density at radius 1 is 1.28 bits per heavy atom. The zero-order valence-electron chi connectivity index (χ0n) is 16.9. The van der Waals surface area contributed by atoms with Gasteiger partial charge >= 0.3 is 11.7 Å². The van der Waals surface area contributed by atoms with Gasteiger partial charge in [0.15, 0.2) is 11.2 Å². The largest absolute Gasteiger partial charge is 0.453 e. The van der Waals surface area contributed by atoms with Crippen LogP contribution in [-0.4, -0.2) is 25.1 Å². The van der Waals surface area contributed by atoms with Gasteiger partial charge in [0.05, 0.1) is 0 Å². The minimum absolute atomic E-state index is 0.0646. The third-order valence-electron chi connectivity index (χ3n) is 4.68. The van der Waals surface area contributed by atoms with Gasteiger partial charge < -0.3 is 9.30 Å². The fraction of sp³-hybridized carbons (Fsp3) is 0.500. The molecule has 0 aliphatic rings. The second kappa shape index (κ2) is 9.21. The second-order valence-corrected chi connectivity index (χ2v) is 8.30. The molecule has 0 aliphatic carbocycles. The number of carbonyl (C=O) groups is 1. The minimum Gasteiger partial charge on any atom is -0.453 e. The number of hydrogen-bond acceptors (Lipinski definition) is 6. The zero-order valence-corrected chi connectivity index (χ0v) is 17.8. The highest BCUT2D eigenvalue weighted by Crippen LogP contribution is 2.17. The van der Waals surface area contributed by atoms with Crippen molar-refractivity contribution in [2.75, 3.05) is 0 Å². The molecule has 0 bridgehead atoms. The van der Waals surface area contributed by atoms with E-state index < -0.39 is 17.2 Å². The summed E-state index contributed by atoms with van der Waals surface area (Å²) >= 11 is 1.30. The van der Waals surface area contributed by atoms with Gasteiger partial charge in [-0.3, -0.25) is 14.3 Å². The number of aryl methyl sites for hydroxylation is 2. The predicted octanol–water partition coefficient (Wildman–Crippen LogP) is 3.15. The van der Waals surface area contributed by atoms with Gasteiger partial charge in [-0.25, -0.2) is 14.6 Å². The van der Waals surface area contributed by atoms with E-state index in [9.17, 15) is 14.4 Å². The van der Waals surface area contributed by atoms with Crippen molar-refractivity contribution in [3.8, 4) is 0 Å². The summed E-state index contributed by atoms with van der Waals surface area (Å²) in [6.45, 7) is 7.18. The fourth-order valence-electron chi connectivity index (χ4n) is 3.08. The van der Waals surface area contributed by atoms with Gasteiger partial charge in [-0.05, 0) is 30.2 Å². The topological polar surface area (TPSA) is 99.0 Å². The van der Waals surface area contributed by atoms with E-state index in [4.69, 9.17) is 4.74 Å². The van der Waals surface area contributed by atoms with Crippen LogP contribution in [0.25, 0.3) is 11.2 Å². The lowest BCUT2D eigenvalue weighted by molar-refractivity contribution is 0.0464. The molecule has 0 saturated carbocycles. The van der Waals surface area contributed by atoms with Crippen LogP contribution in [0.5, 0.6) is 0 Å². The molecule has 0 amide bonds. The molecular formula is C20H26N4O4S. The lowest BCUT2D eigenvalue weighted by Gasteiger charge is -2.11. The van der Waals surface area contributed by atoms with E-state index in [2.05, 4.69) is 23.8 Å². The fourth-order valence-corrected chi connectivity index (χ4v) is 3.69. The molecule has 9 heteroatoms. The Morgan fingerprint density at radius 3 is 2.72 bits per heavy atom. The Balaban J connectivity index is 2.03. The van der Waals surface area contributed by atoms with Gasteiger partial charge in [0.25, 0.3) is 5.56 Å². The SMILES string of the molecule is CCCCn1c(=O)[nH]c(=O)c2c1nc(COC(=O)c1cccs1)n2CCC(C)C. The lowest BCUT2D eigenvalue weighted by atomic mass is 10.1. The number of rotatable bonds is 9. The van der Waals surface area contributed by atoms with Crippen molar-refractivity contribution in [1.29, 1.82) is 0 Å². The third-order valence-corrected chi connectivity index (χ3v) is 5.53. The number of imidazole rings is 1. The van der Waals surface area contributed by atoms with Crippen LogP contribution in [0.3, 0.4) is 0 Å². The Bertz CT molecular complexity index is 1090. The van der Waals surface area contributed by atoms with E-state index in [0.717, 1.165) is 19.3 Å². The van der Waals surface area contributed by atoms with E-state index in [-0.39, 0.29) is 6.61 Å². The molecule has 156 valence electrons. The number of thiophene rings is 1. The summed E-state index contributed by atoms with van der Waals surface area (Å²) in [5, 5.41) is 1.81. The summed E-state index contributed by atoms with van der Waals surface area (Å²) in [5.74, 6) is 0.450. The van der Waals surface area contributed by atoms with Crippen molar-refractivity contribution >= 4 is 28.5 Å². The van der Waals surface area contributed by atoms with Crippen molar-refractivity contribution in [3.05, 3.63) is 49.1 Å². The second-order valence-electron chi connectivity index (χ2n) is 7.35. The maximum atomic E-state index is 12.6.